The zero-order chi connectivity index (χ0) is 28.1. The van der Waals surface area contributed by atoms with Crippen molar-refractivity contribution in [3.05, 3.63) is 121 Å². The van der Waals surface area contributed by atoms with Crippen LogP contribution in [0.15, 0.2) is 121 Å². The van der Waals surface area contributed by atoms with Gasteiger partial charge >= 0.3 is 34.2 Å². The van der Waals surface area contributed by atoms with Gasteiger partial charge in [-0.25, -0.2) is 0 Å². The highest BCUT2D eigenvalue weighted by Gasteiger charge is 2.63. The van der Waals surface area contributed by atoms with Crippen molar-refractivity contribution < 1.29 is 16.5 Å². The molecular formula is C32H40O4Si4. The van der Waals surface area contributed by atoms with Crippen molar-refractivity contribution >= 4 is 55.0 Å². The van der Waals surface area contributed by atoms with Crippen LogP contribution in [0.4, 0.5) is 0 Å². The quantitative estimate of drug-likeness (QED) is 0.249. The average Bonchev–Trinajstić information content (AvgIpc) is 3.04. The van der Waals surface area contributed by atoms with Crippen molar-refractivity contribution in [2.45, 2.75) is 51.9 Å². The van der Waals surface area contributed by atoms with Gasteiger partial charge in [-0.3, -0.25) is 0 Å². The van der Waals surface area contributed by atoms with Gasteiger partial charge in [0.1, 0.15) is 0 Å². The van der Waals surface area contributed by atoms with E-state index in [4.69, 9.17) is 16.5 Å². The number of rotatable bonds is 8. The van der Waals surface area contributed by atoms with Gasteiger partial charge in [0.15, 0.2) is 0 Å². The molecule has 4 aromatic rings. The second-order valence-electron chi connectivity index (χ2n) is 10.3. The van der Waals surface area contributed by atoms with Crippen LogP contribution in [-0.4, -0.2) is 34.2 Å². The Hall–Kier alpha value is -2.41. The molecule has 1 heterocycles. The van der Waals surface area contributed by atoms with Crippen molar-refractivity contribution in [2.75, 3.05) is 0 Å². The molecule has 0 bridgehead atoms. The first-order valence-electron chi connectivity index (χ1n) is 14.5. The van der Waals surface area contributed by atoms with Gasteiger partial charge in [0.2, 0.25) is 0 Å². The SMILES string of the molecule is CC[Si]1(c2ccccc2)O[Si](CC)(c2ccccc2)O[Si](CC)(c2ccccc2)O[Si](CC)(c2ccccc2)O1. The van der Waals surface area contributed by atoms with Crippen molar-refractivity contribution in [1.82, 2.24) is 0 Å². The van der Waals surface area contributed by atoms with Gasteiger partial charge in [0.05, 0.1) is 0 Å². The highest BCUT2D eigenvalue weighted by atomic mass is 28.5. The smallest absolute Gasteiger partial charge is 0.355 e. The molecule has 208 valence electrons. The Kier molecular flexibility index (Phi) is 8.89. The van der Waals surface area contributed by atoms with Gasteiger partial charge in [-0.05, 0) is 44.9 Å². The van der Waals surface area contributed by atoms with E-state index in [1.54, 1.807) is 0 Å². The second kappa shape index (κ2) is 12.2. The molecule has 0 saturated carbocycles. The van der Waals surface area contributed by atoms with Gasteiger partial charge < -0.3 is 16.5 Å². The van der Waals surface area contributed by atoms with E-state index in [1.165, 1.54) is 0 Å². The minimum absolute atomic E-state index is 0.763. The summed E-state index contributed by atoms with van der Waals surface area (Å²) in [6.45, 7) is 8.84. The van der Waals surface area contributed by atoms with E-state index in [0.717, 1.165) is 44.9 Å². The van der Waals surface area contributed by atoms with E-state index in [-0.39, 0.29) is 0 Å². The molecule has 5 rings (SSSR count). The first kappa shape index (κ1) is 29.1. The lowest BCUT2D eigenvalue weighted by Crippen LogP contribution is -2.79. The Morgan fingerprint density at radius 2 is 0.500 bits per heavy atom. The summed E-state index contributed by atoms with van der Waals surface area (Å²) in [5, 5.41) is 4.55. The van der Waals surface area contributed by atoms with Gasteiger partial charge in [0.25, 0.3) is 0 Å². The van der Waals surface area contributed by atoms with E-state index in [2.05, 4.69) is 149 Å². The maximum atomic E-state index is 7.72. The molecule has 0 N–H and O–H groups in total. The third kappa shape index (κ3) is 5.30. The summed E-state index contributed by atoms with van der Waals surface area (Å²) in [6.07, 6.45) is 0. The molecule has 1 fully saturated rings. The second-order valence-corrected chi connectivity index (χ2v) is 24.7. The lowest BCUT2D eigenvalue weighted by molar-refractivity contribution is 0.240. The number of hydrogen-bond donors (Lipinski definition) is 0. The summed E-state index contributed by atoms with van der Waals surface area (Å²) in [4.78, 5) is 0. The Bertz CT molecular complexity index is 1140. The zero-order valence-electron chi connectivity index (χ0n) is 24.0. The largest absolute Gasteiger partial charge is 0.409 e. The van der Waals surface area contributed by atoms with Crippen LogP contribution in [0, 0.1) is 0 Å². The van der Waals surface area contributed by atoms with Gasteiger partial charge in [0, 0.05) is 0 Å². The van der Waals surface area contributed by atoms with Gasteiger partial charge in [-0.2, -0.15) is 0 Å². The van der Waals surface area contributed by atoms with E-state index in [9.17, 15) is 0 Å². The van der Waals surface area contributed by atoms with Gasteiger partial charge in [-0.15, -0.1) is 0 Å². The van der Waals surface area contributed by atoms with Crippen molar-refractivity contribution in [2.24, 2.45) is 0 Å². The van der Waals surface area contributed by atoms with Crippen LogP contribution in [-0.2, 0) is 16.5 Å². The molecule has 1 aliphatic heterocycles. The normalized spacial score (nSPS) is 28.9. The van der Waals surface area contributed by atoms with Gasteiger partial charge in [-0.1, -0.05) is 149 Å². The summed E-state index contributed by atoms with van der Waals surface area (Å²) in [7, 11) is -12.3. The standard InChI is InChI=1S/C32H40O4Si4/c1-5-37(29-21-13-9-14-22-29)33-38(6-2,30-23-15-10-16-24-30)35-40(8-4,32-27-19-12-20-28-32)36-39(7-3,34-37)31-25-17-11-18-26-31/h9-28H,5-8H2,1-4H3. The summed E-state index contributed by atoms with van der Waals surface area (Å²) in [6, 6.07) is 45.5. The molecule has 0 spiro atoms. The van der Waals surface area contributed by atoms with Crippen LogP contribution < -0.4 is 20.7 Å². The zero-order valence-corrected chi connectivity index (χ0v) is 28.0. The highest BCUT2D eigenvalue weighted by Crippen LogP contribution is 2.37. The maximum Gasteiger partial charge on any atom is 0.355 e. The summed E-state index contributed by atoms with van der Waals surface area (Å²) < 4.78 is 30.9. The fourth-order valence-corrected chi connectivity index (χ4v) is 29.3. The third-order valence-electron chi connectivity index (χ3n) is 8.04. The van der Waals surface area contributed by atoms with Crippen LogP contribution >= 0.6 is 0 Å². The monoisotopic (exact) mass is 600 g/mol. The van der Waals surface area contributed by atoms with Crippen LogP contribution in [0.5, 0.6) is 0 Å². The van der Waals surface area contributed by atoms with Crippen LogP contribution in [0.3, 0.4) is 0 Å². The Balaban J connectivity index is 1.83. The molecule has 4 nitrogen and oxygen atoms in total. The molecule has 0 atom stereocenters. The Morgan fingerprint density at radius 3 is 0.650 bits per heavy atom. The average molecular weight is 601 g/mol. The molecule has 4 aromatic carbocycles. The Morgan fingerprint density at radius 1 is 0.325 bits per heavy atom. The molecule has 0 amide bonds. The van der Waals surface area contributed by atoms with Crippen molar-refractivity contribution in [3.63, 3.8) is 0 Å². The summed E-state index contributed by atoms with van der Waals surface area (Å²) in [5.41, 5.74) is 0. The summed E-state index contributed by atoms with van der Waals surface area (Å²) >= 11 is 0. The molecule has 0 radical (unpaired) electrons. The minimum Gasteiger partial charge on any atom is -0.409 e. The fourth-order valence-electron chi connectivity index (χ4n) is 5.78. The minimum atomic E-state index is -3.07. The van der Waals surface area contributed by atoms with E-state index >= 15 is 0 Å². The fraction of sp³-hybridized carbons (Fsp3) is 0.250. The van der Waals surface area contributed by atoms with E-state index in [1.807, 2.05) is 0 Å². The molecular weight excluding hydrogens is 561 g/mol. The first-order chi connectivity index (χ1) is 19.5. The predicted molar refractivity (Wildman–Crippen MR) is 174 cm³/mol. The molecule has 8 heteroatoms. The number of benzene rings is 4. The molecule has 0 aliphatic carbocycles. The van der Waals surface area contributed by atoms with Crippen molar-refractivity contribution in [3.8, 4) is 0 Å². The Labute approximate surface area is 243 Å². The van der Waals surface area contributed by atoms with Crippen molar-refractivity contribution in [1.29, 1.82) is 0 Å². The topological polar surface area (TPSA) is 36.9 Å². The highest BCUT2D eigenvalue weighted by molar-refractivity contribution is 7.06. The van der Waals surface area contributed by atoms with E-state index < -0.39 is 34.2 Å². The maximum absolute atomic E-state index is 7.72. The van der Waals surface area contributed by atoms with E-state index in [0.29, 0.717) is 0 Å². The molecule has 0 unspecified atom stereocenters. The third-order valence-corrected chi connectivity index (χ3v) is 27.2. The predicted octanol–water partition coefficient (Wildman–Crippen LogP) is 5.54. The van der Waals surface area contributed by atoms with Crippen LogP contribution in [0.2, 0.25) is 24.2 Å². The first-order valence-corrected chi connectivity index (χ1v) is 22.6. The van der Waals surface area contributed by atoms with Crippen LogP contribution in [0.1, 0.15) is 27.7 Å². The molecule has 0 aromatic heterocycles. The summed E-state index contributed by atoms with van der Waals surface area (Å²) in [5.74, 6) is 0. The molecule has 1 aliphatic rings. The lowest BCUT2D eigenvalue weighted by atomic mass is 10.4. The van der Waals surface area contributed by atoms with Crippen LogP contribution in [0.25, 0.3) is 0 Å². The molecule has 1 saturated heterocycles. The molecule has 40 heavy (non-hydrogen) atoms. The lowest BCUT2D eigenvalue weighted by Gasteiger charge is -2.53. The number of hydrogen-bond acceptors (Lipinski definition) is 4.